The highest BCUT2D eigenvalue weighted by atomic mass is 32.2. The normalized spacial score (nSPS) is 24.3. The molecule has 6 nitrogen and oxygen atoms in total. The van der Waals surface area contributed by atoms with E-state index in [9.17, 15) is 18.0 Å². The number of sulfone groups is 1. The smallest absolute Gasteiger partial charge is 0.306 e. The van der Waals surface area contributed by atoms with Crippen LogP contribution in [0, 0.1) is 11.8 Å². The molecule has 7 heteroatoms. The first-order valence-electron chi connectivity index (χ1n) is 7.37. The summed E-state index contributed by atoms with van der Waals surface area (Å²) in [6.45, 7) is 3.30. The van der Waals surface area contributed by atoms with Crippen molar-refractivity contribution in [3.05, 3.63) is 0 Å². The van der Waals surface area contributed by atoms with Crippen molar-refractivity contribution < 1.29 is 23.1 Å². The maximum Gasteiger partial charge on any atom is 0.306 e. The van der Waals surface area contributed by atoms with E-state index < -0.39 is 27.8 Å². The third-order valence-electron chi connectivity index (χ3n) is 4.32. The number of aliphatic carboxylic acids is 1. The van der Waals surface area contributed by atoms with E-state index in [1.54, 1.807) is 20.9 Å². The maximum absolute atomic E-state index is 12.4. The predicted octanol–water partition coefficient (Wildman–Crippen LogP) is 1.16. The van der Waals surface area contributed by atoms with Gasteiger partial charge in [-0.1, -0.05) is 13.3 Å². The molecule has 1 fully saturated rings. The van der Waals surface area contributed by atoms with Crippen LogP contribution in [0.5, 0.6) is 0 Å². The van der Waals surface area contributed by atoms with Gasteiger partial charge in [0.1, 0.15) is 0 Å². The zero-order chi connectivity index (χ0) is 16.2. The van der Waals surface area contributed by atoms with Gasteiger partial charge < -0.3 is 10.0 Å². The molecule has 0 aromatic heterocycles. The number of carboxylic acids is 1. The highest BCUT2D eigenvalue weighted by Crippen LogP contribution is 2.30. The fraction of sp³-hybridized carbons (Fsp3) is 0.857. The van der Waals surface area contributed by atoms with Gasteiger partial charge >= 0.3 is 5.97 Å². The van der Waals surface area contributed by atoms with Crippen LogP contribution in [0.15, 0.2) is 0 Å². The molecule has 0 spiro atoms. The molecule has 122 valence electrons. The van der Waals surface area contributed by atoms with Gasteiger partial charge in [0.25, 0.3) is 0 Å². The lowest BCUT2D eigenvalue weighted by Gasteiger charge is -2.32. The maximum atomic E-state index is 12.4. The van der Waals surface area contributed by atoms with Gasteiger partial charge in [-0.15, -0.1) is 0 Å². The number of hydrogen-bond donors (Lipinski definition) is 1. The van der Waals surface area contributed by atoms with Crippen molar-refractivity contribution in [2.45, 2.75) is 45.6 Å². The van der Waals surface area contributed by atoms with E-state index in [-0.39, 0.29) is 23.3 Å². The highest BCUT2D eigenvalue weighted by molar-refractivity contribution is 7.91. The SMILES string of the molecule is CCS(=O)(=O)CC(C)N(C)C(=O)C1CCCC(C(=O)O)C1. The van der Waals surface area contributed by atoms with Gasteiger partial charge in [-0.3, -0.25) is 9.59 Å². The van der Waals surface area contributed by atoms with Crippen molar-refractivity contribution >= 4 is 21.7 Å². The van der Waals surface area contributed by atoms with Gasteiger partial charge in [-0.2, -0.15) is 0 Å². The average Bonchev–Trinajstić information content (AvgIpc) is 2.45. The predicted molar refractivity (Wildman–Crippen MR) is 79.6 cm³/mol. The largest absolute Gasteiger partial charge is 0.481 e. The lowest BCUT2D eigenvalue weighted by atomic mass is 9.80. The van der Waals surface area contributed by atoms with E-state index in [0.717, 1.165) is 6.42 Å². The Balaban J connectivity index is 2.67. The van der Waals surface area contributed by atoms with Gasteiger partial charge in [0.2, 0.25) is 5.91 Å². The molecular formula is C14H25NO5S. The van der Waals surface area contributed by atoms with Crippen LogP contribution in [0.2, 0.25) is 0 Å². The summed E-state index contributed by atoms with van der Waals surface area (Å²) in [4.78, 5) is 24.9. The number of carboxylic acid groups (broad SMARTS) is 1. The van der Waals surface area contributed by atoms with Gasteiger partial charge in [-0.25, -0.2) is 8.42 Å². The summed E-state index contributed by atoms with van der Waals surface area (Å²) in [6, 6.07) is -0.396. The Morgan fingerprint density at radius 1 is 1.29 bits per heavy atom. The van der Waals surface area contributed by atoms with E-state index in [1.165, 1.54) is 4.90 Å². The third-order valence-corrected chi connectivity index (χ3v) is 6.19. The van der Waals surface area contributed by atoms with Crippen molar-refractivity contribution in [2.24, 2.45) is 11.8 Å². The Bertz CT molecular complexity index is 488. The molecule has 0 radical (unpaired) electrons. The molecular weight excluding hydrogens is 294 g/mol. The van der Waals surface area contributed by atoms with Crippen LogP contribution >= 0.6 is 0 Å². The van der Waals surface area contributed by atoms with Crippen LogP contribution < -0.4 is 0 Å². The van der Waals surface area contributed by atoms with Crippen molar-refractivity contribution in [3.63, 3.8) is 0 Å². The second-order valence-corrected chi connectivity index (χ2v) is 8.29. The quantitative estimate of drug-likeness (QED) is 0.793. The minimum absolute atomic E-state index is 0.0547. The number of nitrogens with zero attached hydrogens (tertiary/aromatic N) is 1. The minimum Gasteiger partial charge on any atom is -0.481 e. The van der Waals surface area contributed by atoms with Gasteiger partial charge in [0.15, 0.2) is 9.84 Å². The monoisotopic (exact) mass is 319 g/mol. The molecule has 1 aliphatic carbocycles. The second kappa shape index (κ2) is 7.24. The fourth-order valence-electron chi connectivity index (χ4n) is 2.74. The first-order chi connectivity index (χ1) is 9.68. The van der Waals surface area contributed by atoms with Crippen LogP contribution in [0.3, 0.4) is 0 Å². The first kappa shape index (κ1) is 17.9. The van der Waals surface area contributed by atoms with Gasteiger partial charge in [-0.05, 0) is 26.2 Å². The molecule has 3 unspecified atom stereocenters. The molecule has 1 aliphatic rings. The fourth-order valence-corrected chi connectivity index (χ4v) is 3.94. The van der Waals surface area contributed by atoms with Gasteiger partial charge in [0, 0.05) is 24.8 Å². The lowest BCUT2D eigenvalue weighted by Crippen LogP contribution is -2.44. The Morgan fingerprint density at radius 3 is 2.38 bits per heavy atom. The second-order valence-electron chi connectivity index (χ2n) is 5.90. The molecule has 0 aromatic carbocycles. The average molecular weight is 319 g/mol. The molecule has 0 saturated heterocycles. The summed E-state index contributed by atoms with van der Waals surface area (Å²) in [5, 5.41) is 9.07. The molecule has 0 heterocycles. The molecule has 1 rings (SSSR count). The van der Waals surface area contributed by atoms with E-state index in [4.69, 9.17) is 5.11 Å². The summed E-state index contributed by atoms with van der Waals surface area (Å²) < 4.78 is 23.3. The van der Waals surface area contributed by atoms with E-state index in [1.807, 2.05) is 0 Å². The minimum atomic E-state index is -3.14. The molecule has 0 bridgehead atoms. The van der Waals surface area contributed by atoms with Crippen LogP contribution in [0.25, 0.3) is 0 Å². The van der Waals surface area contributed by atoms with Crippen LogP contribution in [0.4, 0.5) is 0 Å². The number of rotatable bonds is 6. The van der Waals surface area contributed by atoms with Crippen molar-refractivity contribution in [1.29, 1.82) is 0 Å². The highest BCUT2D eigenvalue weighted by Gasteiger charge is 2.34. The lowest BCUT2D eigenvalue weighted by molar-refractivity contribution is -0.145. The molecule has 3 atom stereocenters. The Labute approximate surface area is 126 Å². The number of carbonyl (C=O) groups is 2. The number of amides is 1. The molecule has 1 N–H and O–H groups in total. The Hall–Kier alpha value is -1.11. The van der Waals surface area contributed by atoms with Gasteiger partial charge in [0.05, 0.1) is 11.7 Å². The third kappa shape index (κ3) is 4.98. The Kier molecular flexibility index (Phi) is 6.19. The van der Waals surface area contributed by atoms with Crippen LogP contribution in [-0.2, 0) is 19.4 Å². The molecule has 1 amide bonds. The number of carbonyl (C=O) groups excluding carboxylic acids is 1. The summed E-state index contributed by atoms with van der Waals surface area (Å²) in [5.41, 5.74) is 0. The van der Waals surface area contributed by atoms with Crippen LogP contribution in [-0.4, -0.2) is 54.9 Å². The summed E-state index contributed by atoms with van der Waals surface area (Å²) in [5.74, 6) is -1.76. The van der Waals surface area contributed by atoms with Crippen molar-refractivity contribution in [1.82, 2.24) is 4.90 Å². The molecule has 21 heavy (non-hydrogen) atoms. The summed E-state index contributed by atoms with van der Waals surface area (Å²) >= 11 is 0. The van der Waals surface area contributed by atoms with E-state index in [0.29, 0.717) is 19.3 Å². The van der Waals surface area contributed by atoms with Crippen molar-refractivity contribution in [3.8, 4) is 0 Å². The van der Waals surface area contributed by atoms with E-state index >= 15 is 0 Å². The first-order valence-corrected chi connectivity index (χ1v) is 9.20. The topological polar surface area (TPSA) is 91.8 Å². The summed E-state index contributed by atoms with van der Waals surface area (Å²) in [6.07, 6.45) is 2.37. The standard InChI is InChI=1S/C14H25NO5S/c1-4-21(19,20)9-10(2)15(3)13(16)11-6-5-7-12(8-11)14(17)18/h10-12H,4-9H2,1-3H3,(H,17,18). The summed E-state index contributed by atoms with van der Waals surface area (Å²) in [7, 11) is -1.54. The zero-order valence-corrected chi connectivity index (χ0v) is 13.7. The number of hydrogen-bond acceptors (Lipinski definition) is 4. The molecule has 1 saturated carbocycles. The van der Waals surface area contributed by atoms with Crippen molar-refractivity contribution in [2.75, 3.05) is 18.6 Å². The molecule has 0 aromatic rings. The molecule has 0 aliphatic heterocycles. The zero-order valence-electron chi connectivity index (χ0n) is 12.9. The van der Waals surface area contributed by atoms with E-state index in [2.05, 4.69) is 0 Å². The van der Waals surface area contributed by atoms with Crippen LogP contribution in [0.1, 0.15) is 39.5 Å². The Morgan fingerprint density at radius 2 is 1.86 bits per heavy atom.